The summed E-state index contributed by atoms with van der Waals surface area (Å²) in [6, 6.07) is 5.68. The van der Waals surface area contributed by atoms with Crippen molar-refractivity contribution in [3.8, 4) is 0 Å². The Hall–Kier alpha value is -0.890. The summed E-state index contributed by atoms with van der Waals surface area (Å²) in [4.78, 5) is 0. The van der Waals surface area contributed by atoms with E-state index in [-0.39, 0.29) is 5.82 Å². The van der Waals surface area contributed by atoms with E-state index in [0.29, 0.717) is 6.04 Å². The molecule has 0 amide bonds. The van der Waals surface area contributed by atoms with Crippen LogP contribution in [0.4, 0.5) is 4.39 Å². The summed E-state index contributed by atoms with van der Waals surface area (Å²) in [6.45, 7) is 5.11. The van der Waals surface area contributed by atoms with Crippen LogP contribution in [0.3, 0.4) is 0 Å². The van der Waals surface area contributed by atoms with E-state index in [4.69, 9.17) is 0 Å². The predicted octanol–water partition coefficient (Wildman–Crippen LogP) is 3.02. The number of aryl methyl sites for hydroxylation is 1. The van der Waals surface area contributed by atoms with Gasteiger partial charge in [0.1, 0.15) is 5.82 Å². The number of halogens is 1. The zero-order valence-electron chi connectivity index (χ0n) is 9.39. The molecule has 0 saturated heterocycles. The summed E-state index contributed by atoms with van der Waals surface area (Å²) in [5, 5.41) is 3.50. The standard InChI is InChI=1S/C13H18FN/c1-9-5-13(6-9)15-8-11-3-4-12(14)7-10(11)2/h3-4,7,9,13,15H,5-6,8H2,1-2H3. The van der Waals surface area contributed by atoms with Crippen LogP contribution in [0, 0.1) is 18.7 Å². The van der Waals surface area contributed by atoms with Crippen LogP contribution in [0.1, 0.15) is 30.9 Å². The Morgan fingerprint density at radius 1 is 1.40 bits per heavy atom. The molecule has 0 atom stereocenters. The molecule has 0 heterocycles. The lowest BCUT2D eigenvalue weighted by molar-refractivity contribution is 0.240. The first-order valence-electron chi connectivity index (χ1n) is 5.63. The fraction of sp³-hybridized carbons (Fsp3) is 0.538. The fourth-order valence-electron chi connectivity index (χ4n) is 2.18. The maximum atomic E-state index is 12.9. The van der Waals surface area contributed by atoms with Gasteiger partial charge in [0.05, 0.1) is 0 Å². The molecule has 0 aromatic heterocycles. The predicted molar refractivity (Wildman–Crippen MR) is 60.2 cm³/mol. The quantitative estimate of drug-likeness (QED) is 0.803. The summed E-state index contributed by atoms with van der Waals surface area (Å²) in [6.07, 6.45) is 2.56. The maximum absolute atomic E-state index is 12.9. The van der Waals surface area contributed by atoms with Gasteiger partial charge in [-0.25, -0.2) is 4.39 Å². The number of benzene rings is 1. The van der Waals surface area contributed by atoms with E-state index in [9.17, 15) is 4.39 Å². The lowest BCUT2D eigenvalue weighted by Crippen LogP contribution is -2.39. The molecule has 2 heteroatoms. The number of hydrogen-bond acceptors (Lipinski definition) is 1. The van der Waals surface area contributed by atoms with Crippen molar-refractivity contribution in [3.05, 3.63) is 35.1 Å². The fourth-order valence-corrected chi connectivity index (χ4v) is 2.18. The Bertz CT molecular complexity index is 342. The highest BCUT2D eigenvalue weighted by atomic mass is 19.1. The van der Waals surface area contributed by atoms with Crippen LogP contribution in [-0.2, 0) is 6.54 Å². The van der Waals surface area contributed by atoms with Gasteiger partial charge in [0.2, 0.25) is 0 Å². The highest BCUT2D eigenvalue weighted by Gasteiger charge is 2.24. The average Bonchev–Trinajstić information content (AvgIpc) is 2.13. The Kier molecular flexibility index (Phi) is 3.06. The van der Waals surface area contributed by atoms with Crippen molar-refractivity contribution in [1.82, 2.24) is 5.32 Å². The van der Waals surface area contributed by atoms with Crippen LogP contribution < -0.4 is 5.32 Å². The molecule has 1 N–H and O–H groups in total. The number of hydrogen-bond donors (Lipinski definition) is 1. The molecule has 0 bridgehead atoms. The van der Waals surface area contributed by atoms with Gasteiger partial charge in [-0.15, -0.1) is 0 Å². The summed E-state index contributed by atoms with van der Waals surface area (Å²) in [5.41, 5.74) is 2.24. The van der Waals surface area contributed by atoms with Crippen molar-refractivity contribution in [3.63, 3.8) is 0 Å². The van der Waals surface area contributed by atoms with Crippen molar-refractivity contribution in [2.75, 3.05) is 0 Å². The van der Waals surface area contributed by atoms with E-state index in [1.54, 1.807) is 6.07 Å². The second-order valence-electron chi connectivity index (χ2n) is 4.73. The van der Waals surface area contributed by atoms with Gasteiger partial charge in [-0.3, -0.25) is 0 Å². The lowest BCUT2D eigenvalue weighted by Gasteiger charge is -2.33. The van der Waals surface area contributed by atoms with Crippen molar-refractivity contribution < 1.29 is 4.39 Å². The highest BCUT2D eigenvalue weighted by molar-refractivity contribution is 5.26. The molecule has 82 valence electrons. The van der Waals surface area contributed by atoms with Crippen molar-refractivity contribution in [2.24, 2.45) is 5.92 Å². The largest absolute Gasteiger partial charge is 0.310 e. The minimum absolute atomic E-state index is 0.145. The van der Waals surface area contributed by atoms with E-state index in [2.05, 4.69) is 12.2 Å². The monoisotopic (exact) mass is 207 g/mol. The molecule has 1 saturated carbocycles. The summed E-state index contributed by atoms with van der Waals surface area (Å²) >= 11 is 0. The molecule has 1 aliphatic carbocycles. The zero-order valence-corrected chi connectivity index (χ0v) is 9.39. The Morgan fingerprint density at radius 2 is 2.13 bits per heavy atom. The van der Waals surface area contributed by atoms with Crippen LogP contribution in [0.25, 0.3) is 0 Å². The van der Waals surface area contributed by atoms with Crippen LogP contribution in [-0.4, -0.2) is 6.04 Å². The molecule has 0 aliphatic heterocycles. The summed E-state index contributed by atoms with van der Waals surface area (Å²) < 4.78 is 12.9. The molecule has 15 heavy (non-hydrogen) atoms. The van der Waals surface area contributed by atoms with Crippen LogP contribution in [0.5, 0.6) is 0 Å². The minimum Gasteiger partial charge on any atom is -0.310 e. The van der Waals surface area contributed by atoms with E-state index in [0.717, 1.165) is 18.0 Å². The first-order chi connectivity index (χ1) is 7.15. The SMILES string of the molecule is Cc1cc(F)ccc1CNC1CC(C)C1. The van der Waals surface area contributed by atoms with E-state index < -0.39 is 0 Å². The van der Waals surface area contributed by atoms with Gasteiger partial charge in [-0.2, -0.15) is 0 Å². The van der Waals surface area contributed by atoms with Crippen LogP contribution >= 0.6 is 0 Å². The second-order valence-corrected chi connectivity index (χ2v) is 4.73. The molecule has 0 spiro atoms. The van der Waals surface area contributed by atoms with Crippen molar-refractivity contribution >= 4 is 0 Å². The molecule has 1 aromatic carbocycles. The van der Waals surface area contributed by atoms with Gasteiger partial charge < -0.3 is 5.32 Å². The normalized spacial score (nSPS) is 25.0. The number of nitrogens with one attached hydrogen (secondary N) is 1. The molecular formula is C13H18FN. The van der Waals surface area contributed by atoms with Crippen LogP contribution in [0.2, 0.25) is 0 Å². The highest BCUT2D eigenvalue weighted by Crippen LogP contribution is 2.26. The third kappa shape index (κ3) is 2.57. The van der Waals surface area contributed by atoms with Crippen molar-refractivity contribution in [2.45, 2.75) is 39.3 Å². The Balaban J connectivity index is 1.88. The van der Waals surface area contributed by atoms with Gasteiger partial charge in [0, 0.05) is 12.6 Å². The van der Waals surface area contributed by atoms with Gasteiger partial charge in [0.25, 0.3) is 0 Å². The first kappa shape index (κ1) is 10.6. The average molecular weight is 207 g/mol. The Morgan fingerprint density at radius 3 is 2.73 bits per heavy atom. The molecule has 1 aliphatic rings. The molecule has 1 fully saturated rings. The van der Waals surface area contributed by atoms with E-state index >= 15 is 0 Å². The Labute approximate surface area is 90.7 Å². The maximum Gasteiger partial charge on any atom is 0.123 e. The van der Waals surface area contributed by atoms with Crippen LogP contribution in [0.15, 0.2) is 18.2 Å². The molecular weight excluding hydrogens is 189 g/mol. The molecule has 0 radical (unpaired) electrons. The second kappa shape index (κ2) is 4.31. The molecule has 1 aromatic rings. The third-order valence-electron chi connectivity index (χ3n) is 3.26. The molecule has 1 nitrogen and oxygen atoms in total. The van der Waals surface area contributed by atoms with Gasteiger partial charge in [-0.05, 0) is 48.9 Å². The molecule has 0 unspecified atom stereocenters. The first-order valence-corrected chi connectivity index (χ1v) is 5.63. The lowest BCUT2D eigenvalue weighted by atomic mass is 9.82. The molecule has 2 rings (SSSR count). The number of rotatable bonds is 3. The topological polar surface area (TPSA) is 12.0 Å². The van der Waals surface area contributed by atoms with Gasteiger partial charge in [-0.1, -0.05) is 13.0 Å². The van der Waals surface area contributed by atoms with Gasteiger partial charge in [0.15, 0.2) is 0 Å². The van der Waals surface area contributed by atoms with Gasteiger partial charge >= 0.3 is 0 Å². The third-order valence-corrected chi connectivity index (χ3v) is 3.26. The summed E-state index contributed by atoms with van der Waals surface area (Å²) in [7, 11) is 0. The van der Waals surface area contributed by atoms with E-state index in [1.165, 1.54) is 24.5 Å². The minimum atomic E-state index is -0.145. The summed E-state index contributed by atoms with van der Waals surface area (Å²) in [5.74, 6) is 0.727. The smallest absolute Gasteiger partial charge is 0.123 e. The van der Waals surface area contributed by atoms with E-state index in [1.807, 2.05) is 13.0 Å². The van der Waals surface area contributed by atoms with Crippen molar-refractivity contribution in [1.29, 1.82) is 0 Å². The zero-order chi connectivity index (χ0) is 10.8.